The summed E-state index contributed by atoms with van der Waals surface area (Å²) in [5.74, 6) is 1.27. The van der Waals surface area contributed by atoms with Crippen LogP contribution in [0.15, 0.2) is 66.6 Å². The highest BCUT2D eigenvalue weighted by Gasteiger charge is 2.15. The van der Waals surface area contributed by atoms with Crippen molar-refractivity contribution in [1.82, 2.24) is 29.7 Å². The van der Waals surface area contributed by atoms with E-state index in [0.717, 1.165) is 51.9 Å². The number of fused-ring (bicyclic) bond motifs is 1. The molecule has 0 bridgehead atoms. The normalized spacial score (nSPS) is 14.0. The van der Waals surface area contributed by atoms with Crippen molar-refractivity contribution in [3.8, 4) is 16.3 Å². The largest absolute Gasteiger partial charge is 0.378 e. The SMILES string of the molecule is c1csc(-c2ccc3cnc(Nc4ccc(-n5cnc(N6CCOCC6)n5)cc4)nc3c2)n1. The van der Waals surface area contributed by atoms with E-state index in [9.17, 15) is 0 Å². The van der Waals surface area contributed by atoms with Crippen LogP contribution in [0.3, 0.4) is 0 Å². The summed E-state index contributed by atoms with van der Waals surface area (Å²) in [4.78, 5) is 20.1. The van der Waals surface area contributed by atoms with Gasteiger partial charge >= 0.3 is 0 Å². The number of nitrogens with one attached hydrogen (secondary N) is 1. The lowest BCUT2D eigenvalue weighted by atomic mass is 10.1. The number of hydrogen-bond acceptors (Lipinski definition) is 9. The summed E-state index contributed by atoms with van der Waals surface area (Å²) in [6.45, 7) is 3.03. The van der Waals surface area contributed by atoms with Gasteiger partial charge in [0.2, 0.25) is 11.9 Å². The lowest BCUT2D eigenvalue weighted by Gasteiger charge is -2.25. The molecule has 2 aromatic carbocycles. The molecular weight excluding hydrogens is 436 g/mol. The van der Waals surface area contributed by atoms with Crippen LogP contribution < -0.4 is 10.2 Å². The Bertz CT molecular complexity index is 1380. The Morgan fingerprint density at radius 1 is 0.970 bits per heavy atom. The van der Waals surface area contributed by atoms with Crippen LogP contribution in [0.25, 0.3) is 27.2 Å². The molecule has 0 radical (unpaired) electrons. The van der Waals surface area contributed by atoms with Crippen LogP contribution in [-0.2, 0) is 4.74 Å². The Morgan fingerprint density at radius 3 is 2.67 bits per heavy atom. The third-order valence-electron chi connectivity index (χ3n) is 5.42. The van der Waals surface area contributed by atoms with E-state index in [2.05, 4.69) is 35.3 Å². The van der Waals surface area contributed by atoms with Gasteiger partial charge in [0, 0.05) is 47.5 Å². The lowest BCUT2D eigenvalue weighted by molar-refractivity contribution is 0.122. The molecular formula is C23H20N8OS. The summed E-state index contributed by atoms with van der Waals surface area (Å²) in [6.07, 6.45) is 5.37. The van der Waals surface area contributed by atoms with E-state index in [1.54, 1.807) is 22.3 Å². The highest BCUT2D eigenvalue weighted by atomic mass is 32.1. The Morgan fingerprint density at radius 2 is 1.85 bits per heavy atom. The maximum absolute atomic E-state index is 5.40. The van der Waals surface area contributed by atoms with Gasteiger partial charge in [-0.05, 0) is 30.3 Å². The van der Waals surface area contributed by atoms with E-state index in [1.807, 2.05) is 60.2 Å². The molecule has 1 aliphatic rings. The zero-order valence-electron chi connectivity index (χ0n) is 17.6. The molecule has 3 aromatic heterocycles. The first kappa shape index (κ1) is 19.8. The molecule has 4 heterocycles. The number of hydrogen-bond donors (Lipinski definition) is 1. The van der Waals surface area contributed by atoms with Gasteiger partial charge < -0.3 is 15.0 Å². The van der Waals surface area contributed by atoms with E-state index in [0.29, 0.717) is 19.2 Å². The molecule has 33 heavy (non-hydrogen) atoms. The molecule has 1 fully saturated rings. The van der Waals surface area contributed by atoms with Crippen LogP contribution in [0.1, 0.15) is 0 Å². The predicted molar refractivity (Wildman–Crippen MR) is 128 cm³/mol. The molecule has 0 unspecified atom stereocenters. The summed E-state index contributed by atoms with van der Waals surface area (Å²) in [5, 5.41) is 11.8. The number of thiazole rings is 1. The van der Waals surface area contributed by atoms with Crippen molar-refractivity contribution in [3.63, 3.8) is 0 Å². The van der Waals surface area contributed by atoms with Gasteiger partial charge in [-0.25, -0.2) is 19.6 Å². The van der Waals surface area contributed by atoms with Gasteiger partial charge in [-0.1, -0.05) is 12.1 Å². The van der Waals surface area contributed by atoms with Gasteiger partial charge in [0.05, 0.1) is 24.4 Å². The van der Waals surface area contributed by atoms with Gasteiger partial charge in [0.25, 0.3) is 0 Å². The number of benzene rings is 2. The van der Waals surface area contributed by atoms with E-state index in [4.69, 9.17) is 4.74 Å². The van der Waals surface area contributed by atoms with Crippen LogP contribution in [0.5, 0.6) is 0 Å². The highest BCUT2D eigenvalue weighted by Crippen LogP contribution is 2.26. The molecule has 0 spiro atoms. The average Bonchev–Trinajstić information content (AvgIpc) is 3.58. The molecule has 0 saturated carbocycles. The fourth-order valence-corrected chi connectivity index (χ4v) is 4.33. The van der Waals surface area contributed by atoms with Gasteiger partial charge in [0.1, 0.15) is 11.3 Å². The molecule has 1 saturated heterocycles. The summed E-state index contributed by atoms with van der Waals surface area (Å²) in [6, 6.07) is 14.0. The van der Waals surface area contributed by atoms with Gasteiger partial charge in [-0.2, -0.15) is 4.98 Å². The van der Waals surface area contributed by atoms with Crippen LogP contribution in [0, 0.1) is 0 Å². The van der Waals surface area contributed by atoms with Crippen LogP contribution in [0.2, 0.25) is 0 Å². The van der Waals surface area contributed by atoms with Crippen LogP contribution in [0.4, 0.5) is 17.6 Å². The number of anilines is 3. The smallest absolute Gasteiger partial charge is 0.245 e. The number of nitrogens with zero attached hydrogens (tertiary/aromatic N) is 7. The minimum absolute atomic E-state index is 0.543. The van der Waals surface area contributed by atoms with Crippen LogP contribution >= 0.6 is 11.3 Å². The molecule has 6 rings (SSSR count). The summed E-state index contributed by atoms with van der Waals surface area (Å²) in [7, 11) is 0. The van der Waals surface area contributed by atoms with Gasteiger partial charge in [-0.15, -0.1) is 16.4 Å². The minimum Gasteiger partial charge on any atom is -0.378 e. The van der Waals surface area contributed by atoms with Crippen molar-refractivity contribution in [3.05, 3.63) is 66.6 Å². The van der Waals surface area contributed by atoms with Crippen LogP contribution in [-0.4, -0.2) is 56.0 Å². The monoisotopic (exact) mass is 456 g/mol. The number of ether oxygens (including phenoxy) is 1. The summed E-state index contributed by atoms with van der Waals surface area (Å²) >= 11 is 1.61. The van der Waals surface area contributed by atoms with E-state index in [1.165, 1.54) is 0 Å². The van der Waals surface area contributed by atoms with Crippen molar-refractivity contribution in [2.45, 2.75) is 0 Å². The molecule has 1 aliphatic heterocycles. The molecule has 0 aliphatic carbocycles. The number of rotatable bonds is 5. The summed E-state index contributed by atoms with van der Waals surface area (Å²) in [5.41, 5.74) is 3.74. The quantitative estimate of drug-likeness (QED) is 0.425. The minimum atomic E-state index is 0.543. The molecule has 10 heteroatoms. The number of morpholine rings is 1. The first-order valence-corrected chi connectivity index (χ1v) is 11.5. The van der Waals surface area contributed by atoms with Gasteiger partial charge in [-0.3, -0.25) is 0 Å². The van der Waals surface area contributed by atoms with Crippen molar-refractivity contribution in [2.75, 3.05) is 36.5 Å². The second-order valence-corrected chi connectivity index (χ2v) is 8.46. The van der Waals surface area contributed by atoms with Crippen molar-refractivity contribution in [1.29, 1.82) is 0 Å². The predicted octanol–water partition coefficient (Wildman–Crippen LogP) is 3.91. The maximum atomic E-state index is 5.40. The Labute approximate surface area is 193 Å². The second-order valence-electron chi connectivity index (χ2n) is 7.56. The first-order chi connectivity index (χ1) is 16.3. The van der Waals surface area contributed by atoms with Crippen molar-refractivity contribution < 1.29 is 4.74 Å². The standard InChI is InChI=1S/C23H20N8OS/c1-2-17-14-25-22(28-20(17)13-16(1)21-24-7-12-33-21)27-18-3-5-19(6-4-18)31-15-26-23(29-31)30-8-10-32-11-9-30/h1-7,12-15H,8-11H2,(H,25,27,28). The van der Waals surface area contributed by atoms with E-state index in [-0.39, 0.29) is 0 Å². The summed E-state index contributed by atoms with van der Waals surface area (Å²) < 4.78 is 7.18. The molecule has 164 valence electrons. The molecule has 1 N–H and O–H groups in total. The third-order valence-corrected chi connectivity index (χ3v) is 6.25. The third kappa shape index (κ3) is 4.13. The molecule has 9 nitrogen and oxygen atoms in total. The first-order valence-electron chi connectivity index (χ1n) is 10.6. The lowest BCUT2D eigenvalue weighted by Crippen LogP contribution is -2.37. The van der Waals surface area contributed by atoms with E-state index >= 15 is 0 Å². The van der Waals surface area contributed by atoms with E-state index < -0.39 is 0 Å². The Kier molecular flexibility index (Phi) is 5.13. The second kappa shape index (κ2) is 8.57. The molecule has 5 aromatic rings. The zero-order valence-corrected chi connectivity index (χ0v) is 18.4. The molecule has 0 amide bonds. The fourth-order valence-electron chi connectivity index (χ4n) is 3.70. The highest BCUT2D eigenvalue weighted by molar-refractivity contribution is 7.13. The molecule has 0 atom stereocenters. The number of aromatic nitrogens is 6. The topological polar surface area (TPSA) is 93.9 Å². The maximum Gasteiger partial charge on any atom is 0.245 e. The average molecular weight is 457 g/mol. The van der Waals surface area contributed by atoms with Crippen molar-refractivity contribution >= 4 is 39.8 Å². The zero-order chi connectivity index (χ0) is 22.0. The Hall–Kier alpha value is -3.89. The van der Waals surface area contributed by atoms with Crippen molar-refractivity contribution in [2.24, 2.45) is 0 Å². The Balaban J connectivity index is 1.19. The van der Waals surface area contributed by atoms with Gasteiger partial charge in [0.15, 0.2) is 0 Å². The fraction of sp³-hybridized carbons (Fsp3) is 0.174.